The molecule has 0 bridgehead atoms. The third-order valence-electron chi connectivity index (χ3n) is 4.54. The van der Waals surface area contributed by atoms with Crippen molar-refractivity contribution in [3.63, 3.8) is 0 Å². The second kappa shape index (κ2) is 5.85. The van der Waals surface area contributed by atoms with E-state index < -0.39 is 0 Å². The molecular weight excluding hydrogens is 212 g/mol. The Labute approximate surface area is 105 Å². The van der Waals surface area contributed by atoms with E-state index in [1.807, 2.05) is 0 Å². The monoisotopic (exact) mass is 238 g/mol. The molecule has 1 saturated carbocycles. The van der Waals surface area contributed by atoms with Gasteiger partial charge in [0, 0.05) is 12.6 Å². The van der Waals surface area contributed by atoms with Crippen LogP contribution in [0, 0.1) is 17.8 Å². The van der Waals surface area contributed by atoms with Crippen molar-refractivity contribution in [1.29, 1.82) is 0 Å². The molecule has 1 aliphatic carbocycles. The van der Waals surface area contributed by atoms with E-state index in [0.29, 0.717) is 17.9 Å². The molecule has 0 radical (unpaired) electrons. The van der Waals surface area contributed by atoms with E-state index in [4.69, 9.17) is 0 Å². The first-order valence-corrected chi connectivity index (χ1v) is 7.19. The number of carbonyl (C=O) groups excluding carboxylic acids is 1. The van der Waals surface area contributed by atoms with Crippen molar-refractivity contribution >= 4 is 5.91 Å². The molecule has 3 nitrogen and oxygen atoms in total. The van der Waals surface area contributed by atoms with Crippen LogP contribution in [0.2, 0.25) is 0 Å². The Balaban J connectivity index is 1.88. The van der Waals surface area contributed by atoms with Crippen LogP contribution in [-0.2, 0) is 4.79 Å². The number of hydrogen-bond donors (Lipinski definition) is 2. The van der Waals surface area contributed by atoms with Gasteiger partial charge in [0.1, 0.15) is 0 Å². The Kier molecular flexibility index (Phi) is 4.43. The highest BCUT2D eigenvalue weighted by molar-refractivity contribution is 5.79. The molecule has 1 amide bonds. The van der Waals surface area contributed by atoms with Gasteiger partial charge in [0.05, 0.1) is 5.92 Å². The fourth-order valence-electron chi connectivity index (χ4n) is 3.16. The molecule has 1 heterocycles. The second-order valence-electron chi connectivity index (χ2n) is 5.97. The minimum absolute atomic E-state index is 0.186. The highest BCUT2D eigenvalue weighted by Crippen LogP contribution is 2.24. The van der Waals surface area contributed by atoms with E-state index in [-0.39, 0.29) is 11.8 Å². The average Bonchev–Trinajstić information content (AvgIpc) is 2.63. The lowest BCUT2D eigenvalue weighted by atomic mass is 9.93. The lowest BCUT2D eigenvalue weighted by Gasteiger charge is -2.25. The predicted molar refractivity (Wildman–Crippen MR) is 69.7 cm³/mol. The van der Waals surface area contributed by atoms with Gasteiger partial charge in [0.2, 0.25) is 5.91 Å². The van der Waals surface area contributed by atoms with Crippen LogP contribution in [0.3, 0.4) is 0 Å². The number of rotatable bonds is 2. The molecule has 1 saturated heterocycles. The van der Waals surface area contributed by atoms with Crippen molar-refractivity contribution in [1.82, 2.24) is 10.6 Å². The summed E-state index contributed by atoms with van der Waals surface area (Å²) in [5.74, 6) is 1.59. The molecule has 3 heteroatoms. The molecular formula is C14H26N2O. The fourth-order valence-corrected chi connectivity index (χ4v) is 3.16. The lowest BCUT2D eigenvalue weighted by molar-refractivity contribution is -0.126. The molecule has 98 valence electrons. The van der Waals surface area contributed by atoms with Gasteiger partial charge in [0.15, 0.2) is 0 Å². The number of amides is 1. The molecule has 4 atom stereocenters. The van der Waals surface area contributed by atoms with Gasteiger partial charge in [-0.3, -0.25) is 4.79 Å². The molecule has 1 aliphatic heterocycles. The quantitative estimate of drug-likeness (QED) is 0.722. The van der Waals surface area contributed by atoms with Gasteiger partial charge in [-0.25, -0.2) is 0 Å². The summed E-state index contributed by atoms with van der Waals surface area (Å²) in [4.78, 5) is 12.2. The maximum Gasteiger partial charge on any atom is 0.224 e. The molecule has 2 fully saturated rings. The van der Waals surface area contributed by atoms with E-state index in [1.54, 1.807) is 0 Å². The van der Waals surface area contributed by atoms with Crippen LogP contribution in [0.5, 0.6) is 0 Å². The van der Waals surface area contributed by atoms with Crippen molar-refractivity contribution in [2.75, 3.05) is 13.1 Å². The summed E-state index contributed by atoms with van der Waals surface area (Å²) < 4.78 is 0. The van der Waals surface area contributed by atoms with E-state index in [9.17, 15) is 4.79 Å². The fraction of sp³-hybridized carbons (Fsp3) is 0.929. The van der Waals surface area contributed by atoms with Gasteiger partial charge in [-0.2, -0.15) is 0 Å². The van der Waals surface area contributed by atoms with Gasteiger partial charge in [-0.05, 0) is 31.2 Å². The first kappa shape index (κ1) is 12.9. The minimum Gasteiger partial charge on any atom is -0.353 e. The van der Waals surface area contributed by atoms with Crippen molar-refractivity contribution in [2.45, 2.75) is 52.0 Å². The van der Waals surface area contributed by atoms with Crippen molar-refractivity contribution in [3.8, 4) is 0 Å². The Hall–Kier alpha value is -0.570. The normalized spacial score (nSPS) is 38.7. The van der Waals surface area contributed by atoms with Crippen LogP contribution in [0.15, 0.2) is 0 Å². The summed E-state index contributed by atoms with van der Waals surface area (Å²) in [6.07, 6.45) is 6.37. The Morgan fingerprint density at radius 1 is 1.06 bits per heavy atom. The molecule has 4 unspecified atom stereocenters. The molecule has 2 N–H and O–H groups in total. The molecule has 0 aromatic rings. The topological polar surface area (TPSA) is 41.1 Å². The zero-order chi connectivity index (χ0) is 12.3. The summed E-state index contributed by atoms with van der Waals surface area (Å²) in [5, 5.41) is 6.61. The van der Waals surface area contributed by atoms with Crippen LogP contribution in [0.25, 0.3) is 0 Å². The molecule has 0 spiro atoms. The van der Waals surface area contributed by atoms with E-state index >= 15 is 0 Å². The molecule has 2 aliphatic rings. The average molecular weight is 238 g/mol. The summed E-state index contributed by atoms with van der Waals surface area (Å²) >= 11 is 0. The van der Waals surface area contributed by atoms with Crippen LogP contribution in [-0.4, -0.2) is 25.0 Å². The smallest absolute Gasteiger partial charge is 0.224 e. The van der Waals surface area contributed by atoms with Crippen LogP contribution in [0.4, 0.5) is 0 Å². The third-order valence-corrected chi connectivity index (χ3v) is 4.54. The largest absolute Gasteiger partial charge is 0.353 e. The van der Waals surface area contributed by atoms with Crippen molar-refractivity contribution in [2.24, 2.45) is 17.8 Å². The molecule has 0 aromatic heterocycles. The summed E-state index contributed by atoms with van der Waals surface area (Å²) in [6, 6.07) is 0.415. The summed E-state index contributed by atoms with van der Waals surface area (Å²) in [7, 11) is 0. The van der Waals surface area contributed by atoms with Crippen LogP contribution < -0.4 is 10.6 Å². The first-order valence-electron chi connectivity index (χ1n) is 7.19. The minimum atomic E-state index is 0.186. The van der Waals surface area contributed by atoms with Gasteiger partial charge >= 0.3 is 0 Å². The standard InChI is InChI=1S/C14H26N2O/c1-10-6-4-3-5-7-13(10)16-14(17)12-9-15-8-11(12)2/h10-13,15H,3-9H2,1-2H3,(H,16,17). The third kappa shape index (κ3) is 3.21. The number of nitrogens with one attached hydrogen (secondary N) is 2. The van der Waals surface area contributed by atoms with Gasteiger partial charge < -0.3 is 10.6 Å². The maximum absolute atomic E-state index is 12.2. The van der Waals surface area contributed by atoms with E-state index in [1.165, 1.54) is 32.1 Å². The van der Waals surface area contributed by atoms with E-state index in [2.05, 4.69) is 24.5 Å². The molecule has 17 heavy (non-hydrogen) atoms. The second-order valence-corrected chi connectivity index (χ2v) is 5.97. The van der Waals surface area contributed by atoms with Crippen LogP contribution in [0.1, 0.15) is 46.0 Å². The van der Waals surface area contributed by atoms with Crippen molar-refractivity contribution in [3.05, 3.63) is 0 Å². The molecule has 0 aromatic carbocycles. The SMILES string of the molecule is CC1CCCCCC1NC(=O)C1CNCC1C. The Bertz CT molecular complexity index is 267. The van der Waals surface area contributed by atoms with Crippen LogP contribution >= 0.6 is 0 Å². The van der Waals surface area contributed by atoms with Gasteiger partial charge in [-0.1, -0.05) is 33.1 Å². The predicted octanol–water partition coefficient (Wildman–Crippen LogP) is 1.93. The highest BCUT2D eigenvalue weighted by atomic mass is 16.2. The van der Waals surface area contributed by atoms with Gasteiger partial charge in [-0.15, -0.1) is 0 Å². The number of carbonyl (C=O) groups is 1. The zero-order valence-electron chi connectivity index (χ0n) is 11.2. The Morgan fingerprint density at radius 3 is 2.53 bits per heavy atom. The Morgan fingerprint density at radius 2 is 1.82 bits per heavy atom. The maximum atomic E-state index is 12.2. The van der Waals surface area contributed by atoms with Crippen molar-refractivity contribution < 1.29 is 4.79 Å². The highest BCUT2D eigenvalue weighted by Gasteiger charge is 2.31. The number of hydrogen-bond acceptors (Lipinski definition) is 2. The lowest BCUT2D eigenvalue weighted by Crippen LogP contribution is -2.43. The molecule has 2 rings (SSSR count). The summed E-state index contributed by atoms with van der Waals surface area (Å²) in [6.45, 7) is 6.29. The zero-order valence-corrected chi connectivity index (χ0v) is 11.2. The van der Waals surface area contributed by atoms with Gasteiger partial charge in [0.25, 0.3) is 0 Å². The van der Waals surface area contributed by atoms with E-state index in [0.717, 1.165) is 13.1 Å². The first-order chi connectivity index (χ1) is 8.18. The summed E-state index contributed by atoms with van der Waals surface area (Å²) in [5.41, 5.74) is 0.